The van der Waals surface area contributed by atoms with Crippen molar-refractivity contribution in [3.63, 3.8) is 0 Å². The van der Waals surface area contributed by atoms with Gasteiger partial charge in [-0.3, -0.25) is 0 Å². The van der Waals surface area contributed by atoms with Crippen LogP contribution in [-0.2, 0) is 14.3 Å². The summed E-state index contributed by atoms with van der Waals surface area (Å²) in [6.07, 6.45) is -2.18. The molecule has 0 atom stereocenters. The van der Waals surface area contributed by atoms with Crippen LogP contribution < -0.4 is 15.1 Å². The molecule has 0 amide bonds. The molecule has 6 rings (SSSR count). The van der Waals surface area contributed by atoms with Crippen LogP contribution in [0.3, 0.4) is 0 Å². The SMILES string of the molecule is Fc1cnc(Nc2ccc(-n3cnc(N4CCOCC4)n3)cc2)nc1-c1cccc(N2CCOCC2)c1.O=C(O)C(F)(F)F. The molecule has 2 aromatic heterocycles. The lowest BCUT2D eigenvalue weighted by atomic mass is 10.1. The van der Waals surface area contributed by atoms with Crippen molar-refractivity contribution in [1.82, 2.24) is 24.7 Å². The van der Waals surface area contributed by atoms with Crippen LogP contribution >= 0.6 is 0 Å². The van der Waals surface area contributed by atoms with E-state index in [1.807, 2.05) is 48.5 Å². The first-order valence-corrected chi connectivity index (χ1v) is 13.5. The van der Waals surface area contributed by atoms with E-state index in [0.29, 0.717) is 43.9 Å². The molecule has 0 saturated carbocycles. The molecule has 2 N–H and O–H groups in total. The predicted octanol–water partition coefficient (Wildman–Crippen LogP) is 3.91. The third kappa shape index (κ3) is 7.76. The number of nitrogens with one attached hydrogen (secondary N) is 1. The Morgan fingerprint density at radius 1 is 0.886 bits per heavy atom. The van der Waals surface area contributed by atoms with Gasteiger partial charge in [0.2, 0.25) is 11.9 Å². The maximum Gasteiger partial charge on any atom is 0.490 e. The topological polar surface area (TPSA) is 131 Å². The van der Waals surface area contributed by atoms with Crippen molar-refractivity contribution >= 4 is 29.2 Å². The molecular formula is C28H28F4N8O4. The van der Waals surface area contributed by atoms with E-state index in [4.69, 9.17) is 19.4 Å². The van der Waals surface area contributed by atoms with E-state index in [1.165, 1.54) is 6.20 Å². The zero-order chi connectivity index (χ0) is 31.1. The fourth-order valence-electron chi connectivity index (χ4n) is 4.41. The number of ether oxygens (including phenoxy) is 2. The molecule has 0 unspecified atom stereocenters. The molecule has 232 valence electrons. The standard InChI is InChI=1S/C26H27FN8O2.C2HF3O2/c27-23-17-28-25(31-24(23)19-2-1-3-22(16-19)33-8-12-36-13-9-33)30-20-4-6-21(7-5-20)35-18-29-26(32-35)34-10-14-37-15-11-34;3-2(4,5)1(6)7/h1-7,16-18H,8-15H2,(H,28,30,31);(H,6,7). The molecule has 4 aromatic rings. The van der Waals surface area contributed by atoms with Gasteiger partial charge in [-0.1, -0.05) is 12.1 Å². The van der Waals surface area contributed by atoms with Crippen molar-refractivity contribution in [3.05, 3.63) is 66.9 Å². The maximum absolute atomic E-state index is 14.7. The van der Waals surface area contributed by atoms with Gasteiger partial charge in [0.15, 0.2) is 5.82 Å². The highest BCUT2D eigenvalue weighted by atomic mass is 19.4. The number of rotatable bonds is 6. The molecule has 2 saturated heterocycles. The highest BCUT2D eigenvalue weighted by molar-refractivity contribution is 5.73. The van der Waals surface area contributed by atoms with E-state index in [1.54, 1.807) is 11.0 Å². The third-order valence-electron chi connectivity index (χ3n) is 6.64. The smallest absolute Gasteiger partial charge is 0.475 e. The number of aromatic nitrogens is 5. The number of benzene rings is 2. The van der Waals surface area contributed by atoms with Crippen molar-refractivity contribution in [2.24, 2.45) is 0 Å². The largest absolute Gasteiger partial charge is 0.490 e. The highest BCUT2D eigenvalue weighted by Gasteiger charge is 2.38. The Balaban J connectivity index is 0.000000493. The number of morpholine rings is 2. The summed E-state index contributed by atoms with van der Waals surface area (Å²) in [5.41, 5.74) is 3.62. The van der Waals surface area contributed by atoms with Crippen LogP contribution in [0.1, 0.15) is 0 Å². The quantitative estimate of drug-likeness (QED) is 0.306. The minimum absolute atomic E-state index is 0.252. The summed E-state index contributed by atoms with van der Waals surface area (Å²) in [5, 5.41) is 14.9. The Kier molecular flexibility index (Phi) is 9.50. The first-order valence-electron chi connectivity index (χ1n) is 13.5. The molecule has 4 heterocycles. The molecule has 0 bridgehead atoms. The predicted molar refractivity (Wildman–Crippen MR) is 152 cm³/mol. The lowest BCUT2D eigenvalue weighted by Gasteiger charge is -2.29. The zero-order valence-electron chi connectivity index (χ0n) is 23.2. The summed E-state index contributed by atoms with van der Waals surface area (Å²) in [5.74, 6) is -2.22. The second-order valence-electron chi connectivity index (χ2n) is 9.60. The fourth-order valence-corrected chi connectivity index (χ4v) is 4.41. The molecule has 16 heteroatoms. The first kappa shape index (κ1) is 30.6. The van der Waals surface area contributed by atoms with Crippen molar-refractivity contribution in [2.45, 2.75) is 6.18 Å². The van der Waals surface area contributed by atoms with Gasteiger partial charge >= 0.3 is 12.1 Å². The summed E-state index contributed by atoms with van der Waals surface area (Å²) >= 11 is 0. The number of carbonyl (C=O) groups is 1. The summed E-state index contributed by atoms with van der Waals surface area (Å²) in [6, 6.07) is 15.4. The molecule has 2 fully saturated rings. The number of halogens is 4. The second-order valence-corrected chi connectivity index (χ2v) is 9.60. The van der Waals surface area contributed by atoms with E-state index in [0.717, 1.165) is 43.2 Å². The molecule has 0 spiro atoms. The van der Waals surface area contributed by atoms with Gasteiger partial charge in [-0.15, -0.1) is 5.10 Å². The van der Waals surface area contributed by atoms with E-state index < -0.39 is 18.0 Å². The van der Waals surface area contributed by atoms with Gasteiger partial charge < -0.3 is 29.7 Å². The Hall–Kier alpha value is -4.83. The Bertz CT molecular complexity index is 1560. The summed E-state index contributed by atoms with van der Waals surface area (Å²) in [7, 11) is 0. The average Bonchev–Trinajstić information content (AvgIpc) is 3.54. The minimum atomic E-state index is -5.08. The molecule has 44 heavy (non-hydrogen) atoms. The summed E-state index contributed by atoms with van der Waals surface area (Å²) in [4.78, 5) is 26.3. The lowest BCUT2D eigenvalue weighted by molar-refractivity contribution is -0.192. The number of alkyl halides is 3. The molecular weight excluding hydrogens is 588 g/mol. The van der Waals surface area contributed by atoms with Gasteiger partial charge in [-0.25, -0.2) is 23.8 Å². The third-order valence-corrected chi connectivity index (χ3v) is 6.64. The van der Waals surface area contributed by atoms with E-state index in [9.17, 15) is 17.6 Å². The van der Waals surface area contributed by atoms with Crippen LogP contribution in [0, 0.1) is 5.82 Å². The first-order chi connectivity index (χ1) is 21.2. The van der Waals surface area contributed by atoms with Crippen LogP contribution in [0.5, 0.6) is 0 Å². The number of nitrogens with zero attached hydrogens (tertiary/aromatic N) is 7. The van der Waals surface area contributed by atoms with Gasteiger partial charge in [0, 0.05) is 43.1 Å². The van der Waals surface area contributed by atoms with Crippen molar-refractivity contribution in [2.75, 3.05) is 67.7 Å². The Labute approximate surface area is 248 Å². The number of carboxylic acids is 1. The van der Waals surface area contributed by atoms with Gasteiger partial charge in [0.1, 0.15) is 12.0 Å². The van der Waals surface area contributed by atoms with Crippen molar-refractivity contribution in [1.29, 1.82) is 0 Å². The van der Waals surface area contributed by atoms with Gasteiger partial charge in [-0.05, 0) is 36.4 Å². The lowest BCUT2D eigenvalue weighted by Crippen LogP contribution is -2.37. The monoisotopic (exact) mass is 616 g/mol. The Morgan fingerprint density at radius 2 is 1.52 bits per heavy atom. The minimum Gasteiger partial charge on any atom is -0.475 e. The number of aliphatic carboxylic acids is 1. The van der Waals surface area contributed by atoms with Crippen molar-refractivity contribution in [3.8, 4) is 16.9 Å². The van der Waals surface area contributed by atoms with E-state index >= 15 is 0 Å². The average molecular weight is 617 g/mol. The molecule has 12 nitrogen and oxygen atoms in total. The van der Waals surface area contributed by atoms with Gasteiger partial charge in [0.25, 0.3) is 0 Å². The zero-order valence-corrected chi connectivity index (χ0v) is 23.2. The number of hydrogen-bond acceptors (Lipinski definition) is 10. The Morgan fingerprint density at radius 3 is 2.16 bits per heavy atom. The molecule has 2 aliphatic rings. The second kappa shape index (κ2) is 13.6. The molecule has 0 aliphatic carbocycles. The summed E-state index contributed by atoms with van der Waals surface area (Å²) in [6.45, 7) is 5.91. The number of hydrogen-bond donors (Lipinski definition) is 2. The molecule has 2 aliphatic heterocycles. The normalized spacial score (nSPS) is 15.4. The fraction of sp³-hybridized carbons (Fsp3) is 0.321. The molecule has 2 aromatic carbocycles. The van der Waals surface area contributed by atoms with Crippen LogP contribution in [0.4, 0.5) is 40.8 Å². The number of carboxylic acid groups (broad SMARTS) is 1. The van der Waals surface area contributed by atoms with Gasteiger partial charge in [-0.2, -0.15) is 18.2 Å². The van der Waals surface area contributed by atoms with Gasteiger partial charge in [0.05, 0.1) is 38.3 Å². The van der Waals surface area contributed by atoms with Crippen molar-refractivity contribution < 1.29 is 36.9 Å². The van der Waals surface area contributed by atoms with E-state index in [-0.39, 0.29) is 5.69 Å². The van der Waals surface area contributed by atoms with E-state index in [2.05, 4.69) is 35.2 Å². The van der Waals surface area contributed by atoms with Crippen LogP contribution in [-0.4, -0.2) is 94.6 Å². The number of anilines is 4. The summed E-state index contributed by atoms with van der Waals surface area (Å²) < 4.78 is 59.0. The maximum atomic E-state index is 14.7. The molecule has 0 radical (unpaired) electrons. The van der Waals surface area contributed by atoms with Crippen LogP contribution in [0.25, 0.3) is 16.9 Å². The van der Waals surface area contributed by atoms with Crippen LogP contribution in [0.15, 0.2) is 61.1 Å². The van der Waals surface area contributed by atoms with Crippen LogP contribution in [0.2, 0.25) is 0 Å². The highest BCUT2D eigenvalue weighted by Crippen LogP contribution is 2.27.